The third kappa shape index (κ3) is 2.65. The predicted molar refractivity (Wildman–Crippen MR) is 80.6 cm³/mol. The summed E-state index contributed by atoms with van der Waals surface area (Å²) in [6.07, 6.45) is -0.402. The molecule has 2 N–H and O–H groups in total. The van der Waals surface area contributed by atoms with E-state index in [0.717, 1.165) is 11.3 Å². The van der Waals surface area contributed by atoms with Crippen LogP contribution in [0.15, 0.2) is 60.7 Å². The zero-order valence-electron chi connectivity index (χ0n) is 11.7. The molecule has 0 aromatic heterocycles. The highest BCUT2D eigenvalue weighted by Crippen LogP contribution is 2.41. The van der Waals surface area contributed by atoms with Gasteiger partial charge in [0.15, 0.2) is 0 Å². The van der Waals surface area contributed by atoms with E-state index in [-0.39, 0.29) is 25.2 Å². The van der Waals surface area contributed by atoms with E-state index in [2.05, 4.69) is 0 Å². The topological polar surface area (TPSA) is 52.9 Å². The second-order valence-electron chi connectivity index (χ2n) is 5.19. The molecule has 1 aliphatic rings. The van der Waals surface area contributed by atoms with Crippen molar-refractivity contribution < 1.29 is 15.1 Å². The third-order valence-corrected chi connectivity index (χ3v) is 3.93. The van der Waals surface area contributed by atoms with Gasteiger partial charge in [-0.3, -0.25) is 4.84 Å². The van der Waals surface area contributed by atoms with Crippen molar-refractivity contribution in [2.24, 2.45) is 5.92 Å². The van der Waals surface area contributed by atoms with E-state index in [1.54, 1.807) is 5.06 Å². The Hall–Kier alpha value is -1.88. The van der Waals surface area contributed by atoms with Gasteiger partial charge in [0.1, 0.15) is 6.10 Å². The Morgan fingerprint density at radius 3 is 2.05 bits per heavy atom. The number of aliphatic hydroxyl groups excluding tert-OH is 2. The highest BCUT2D eigenvalue weighted by atomic mass is 16.7. The molecule has 110 valence electrons. The van der Waals surface area contributed by atoms with Gasteiger partial charge in [-0.25, -0.2) is 5.06 Å². The lowest BCUT2D eigenvalue weighted by atomic mass is 9.90. The largest absolute Gasteiger partial charge is 0.396 e. The van der Waals surface area contributed by atoms with Gasteiger partial charge in [0.05, 0.1) is 24.9 Å². The summed E-state index contributed by atoms with van der Waals surface area (Å²) in [5, 5.41) is 21.1. The predicted octanol–water partition coefficient (Wildman–Crippen LogP) is 2.15. The van der Waals surface area contributed by atoms with Gasteiger partial charge in [0.25, 0.3) is 0 Å². The first-order valence-electron chi connectivity index (χ1n) is 7.13. The normalized spacial score (nSPS) is 25.2. The van der Waals surface area contributed by atoms with Crippen LogP contribution in [0.1, 0.15) is 11.6 Å². The van der Waals surface area contributed by atoms with Crippen LogP contribution in [-0.4, -0.2) is 29.5 Å². The van der Waals surface area contributed by atoms with Crippen LogP contribution in [0.25, 0.3) is 0 Å². The van der Waals surface area contributed by atoms with E-state index >= 15 is 0 Å². The van der Waals surface area contributed by atoms with Crippen molar-refractivity contribution in [1.82, 2.24) is 0 Å². The molecule has 1 aliphatic heterocycles. The average Bonchev–Trinajstić information content (AvgIpc) is 2.95. The van der Waals surface area contributed by atoms with Crippen molar-refractivity contribution in [2.75, 3.05) is 18.3 Å². The lowest BCUT2D eigenvalue weighted by Crippen LogP contribution is -2.27. The van der Waals surface area contributed by atoms with Crippen molar-refractivity contribution in [3.63, 3.8) is 0 Å². The molecule has 0 amide bonds. The maximum absolute atomic E-state index is 9.75. The maximum atomic E-state index is 9.75. The van der Waals surface area contributed by atoms with Crippen LogP contribution in [0.2, 0.25) is 0 Å². The van der Waals surface area contributed by atoms with Crippen LogP contribution in [-0.2, 0) is 4.84 Å². The van der Waals surface area contributed by atoms with Crippen molar-refractivity contribution >= 4 is 5.69 Å². The molecule has 4 heteroatoms. The van der Waals surface area contributed by atoms with Crippen LogP contribution < -0.4 is 5.06 Å². The van der Waals surface area contributed by atoms with Gasteiger partial charge in [0.2, 0.25) is 0 Å². The third-order valence-electron chi connectivity index (χ3n) is 3.93. The molecule has 1 unspecified atom stereocenters. The molecule has 0 spiro atoms. The highest BCUT2D eigenvalue weighted by Gasteiger charge is 2.43. The van der Waals surface area contributed by atoms with Crippen molar-refractivity contribution in [3.05, 3.63) is 66.2 Å². The Morgan fingerprint density at radius 2 is 1.48 bits per heavy atom. The first-order chi connectivity index (χ1) is 10.3. The summed E-state index contributed by atoms with van der Waals surface area (Å²) >= 11 is 0. The molecule has 1 fully saturated rings. The Bertz CT molecular complexity index is 561. The van der Waals surface area contributed by atoms with E-state index in [1.165, 1.54) is 0 Å². The molecular formula is C17H19NO3. The smallest absolute Gasteiger partial charge is 0.116 e. The van der Waals surface area contributed by atoms with Gasteiger partial charge in [-0.15, -0.1) is 0 Å². The number of aliphatic hydroxyl groups is 2. The maximum Gasteiger partial charge on any atom is 0.116 e. The standard InChI is InChI=1S/C17H19NO3/c19-11-15-16(12-20)21-18(14-9-5-2-6-10-14)17(15)13-7-3-1-4-8-13/h1-10,15-17,19-20H,11-12H2/t15-,16?,17+/m1/s1. The SMILES string of the molecule is OCC1ON(c2ccccc2)[C@@H](c2ccccc2)[C@@H]1CO. The van der Waals surface area contributed by atoms with Gasteiger partial charge in [-0.1, -0.05) is 48.5 Å². The highest BCUT2D eigenvalue weighted by molar-refractivity contribution is 5.47. The molecule has 3 atom stereocenters. The number of hydrogen-bond acceptors (Lipinski definition) is 4. The molecule has 0 aliphatic carbocycles. The van der Waals surface area contributed by atoms with Gasteiger partial charge in [0, 0.05) is 5.92 Å². The number of para-hydroxylation sites is 1. The number of hydroxylamine groups is 1. The van der Waals surface area contributed by atoms with Crippen molar-refractivity contribution in [2.45, 2.75) is 12.1 Å². The molecule has 0 radical (unpaired) electrons. The fraction of sp³-hybridized carbons (Fsp3) is 0.294. The molecular weight excluding hydrogens is 266 g/mol. The molecule has 0 saturated carbocycles. The van der Waals surface area contributed by atoms with Crippen molar-refractivity contribution in [3.8, 4) is 0 Å². The molecule has 2 aromatic carbocycles. The number of benzene rings is 2. The van der Waals surface area contributed by atoms with Crippen LogP contribution in [0.5, 0.6) is 0 Å². The minimum Gasteiger partial charge on any atom is -0.396 e. The minimum absolute atomic E-state index is 0.0336. The number of hydrogen-bond donors (Lipinski definition) is 2. The molecule has 3 rings (SSSR count). The first kappa shape index (κ1) is 14.1. The summed E-state index contributed by atoms with van der Waals surface area (Å²) in [5.41, 5.74) is 1.98. The fourth-order valence-electron chi connectivity index (χ4n) is 2.88. The van der Waals surface area contributed by atoms with Crippen LogP contribution in [0, 0.1) is 5.92 Å². The number of rotatable bonds is 4. The fourth-order valence-corrected chi connectivity index (χ4v) is 2.88. The number of nitrogens with zero attached hydrogens (tertiary/aromatic N) is 1. The second kappa shape index (κ2) is 6.26. The zero-order valence-corrected chi connectivity index (χ0v) is 11.7. The molecule has 21 heavy (non-hydrogen) atoms. The molecule has 4 nitrogen and oxygen atoms in total. The van der Waals surface area contributed by atoms with Crippen LogP contribution in [0.4, 0.5) is 5.69 Å². The molecule has 0 bridgehead atoms. The summed E-state index contributed by atoms with van der Waals surface area (Å²) in [4.78, 5) is 5.89. The zero-order chi connectivity index (χ0) is 14.7. The van der Waals surface area contributed by atoms with Gasteiger partial charge in [-0.2, -0.15) is 0 Å². The lowest BCUT2D eigenvalue weighted by molar-refractivity contribution is 0.0151. The lowest BCUT2D eigenvalue weighted by Gasteiger charge is -2.27. The van der Waals surface area contributed by atoms with Gasteiger partial charge >= 0.3 is 0 Å². The second-order valence-corrected chi connectivity index (χ2v) is 5.19. The summed E-state index contributed by atoms with van der Waals surface area (Å²) in [5.74, 6) is -0.169. The van der Waals surface area contributed by atoms with E-state index in [0.29, 0.717) is 0 Å². The molecule has 2 aromatic rings. The number of anilines is 1. The summed E-state index contributed by atoms with van der Waals surface area (Å²) in [6.45, 7) is -0.147. The minimum atomic E-state index is -0.402. The van der Waals surface area contributed by atoms with Gasteiger partial charge in [-0.05, 0) is 17.7 Å². The average molecular weight is 285 g/mol. The van der Waals surface area contributed by atoms with E-state index in [4.69, 9.17) is 4.84 Å². The Labute approximate surface area is 124 Å². The van der Waals surface area contributed by atoms with Crippen molar-refractivity contribution in [1.29, 1.82) is 0 Å². The Balaban J connectivity index is 2.01. The summed E-state index contributed by atoms with van der Waals surface area (Å²) in [7, 11) is 0. The van der Waals surface area contributed by atoms with E-state index in [1.807, 2.05) is 60.7 Å². The van der Waals surface area contributed by atoms with Crippen LogP contribution in [0.3, 0.4) is 0 Å². The van der Waals surface area contributed by atoms with Crippen LogP contribution >= 0.6 is 0 Å². The first-order valence-corrected chi connectivity index (χ1v) is 7.13. The van der Waals surface area contributed by atoms with E-state index < -0.39 is 6.10 Å². The monoisotopic (exact) mass is 285 g/mol. The quantitative estimate of drug-likeness (QED) is 0.904. The van der Waals surface area contributed by atoms with E-state index in [9.17, 15) is 10.2 Å². The molecule has 1 heterocycles. The van der Waals surface area contributed by atoms with Gasteiger partial charge < -0.3 is 10.2 Å². The summed E-state index contributed by atoms with van der Waals surface area (Å²) < 4.78 is 0. The summed E-state index contributed by atoms with van der Waals surface area (Å²) in [6, 6.07) is 19.6. The Kier molecular flexibility index (Phi) is 4.20. The Morgan fingerprint density at radius 1 is 0.857 bits per heavy atom. The molecule has 1 saturated heterocycles.